The summed E-state index contributed by atoms with van der Waals surface area (Å²) in [7, 11) is -8.46. The number of alkyl halides is 3. The zero-order valence-electron chi connectivity index (χ0n) is 26.3. The molecule has 3 heterocycles. The van der Waals surface area contributed by atoms with Gasteiger partial charge in [-0.25, -0.2) is 29.8 Å². The molecule has 0 unspecified atom stereocenters. The molecule has 0 bridgehead atoms. The quantitative estimate of drug-likeness (QED) is 0.172. The van der Waals surface area contributed by atoms with Crippen molar-refractivity contribution in [3.8, 4) is 28.6 Å². The van der Waals surface area contributed by atoms with Gasteiger partial charge in [0.1, 0.15) is 6.07 Å². The molecule has 0 spiro atoms. The van der Waals surface area contributed by atoms with Crippen LogP contribution in [0, 0.1) is 25.2 Å². The first-order valence-electron chi connectivity index (χ1n) is 15.1. The minimum atomic E-state index is -5.03. The van der Waals surface area contributed by atoms with E-state index < -0.39 is 43.0 Å². The Balaban J connectivity index is 1.52. The lowest BCUT2D eigenvalue weighted by molar-refractivity contribution is -0.137. The van der Waals surface area contributed by atoms with Gasteiger partial charge in [0.25, 0.3) is 20.0 Å². The van der Waals surface area contributed by atoms with Crippen molar-refractivity contribution < 1.29 is 30.0 Å². The predicted molar refractivity (Wildman–Crippen MR) is 183 cm³/mol. The molecule has 50 heavy (non-hydrogen) atoms. The third-order valence-electron chi connectivity index (χ3n) is 8.48. The van der Waals surface area contributed by atoms with Crippen LogP contribution in [0.25, 0.3) is 44.3 Å². The fourth-order valence-electron chi connectivity index (χ4n) is 5.95. The molecule has 3 aromatic heterocycles. The third kappa shape index (κ3) is 5.33. The maximum Gasteiger partial charge on any atom is 0.417 e. The number of rotatable bonds is 6. The van der Waals surface area contributed by atoms with Gasteiger partial charge in [0.2, 0.25) is 0 Å². The molecule has 7 rings (SSSR count). The van der Waals surface area contributed by atoms with Crippen LogP contribution in [0.4, 0.5) is 13.2 Å². The van der Waals surface area contributed by atoms with Crippen molar-refractivity contribution in [2.45, 2.75) is 29.8 Å². The van der Waals surface area contributed by atoms with Crippen molar-refractivity contribution in [2.24, 2.45) is 0 Å². The van der Waals surface area contributed by atoms with E-state index in [0.717, 1.165) is 31.3 Å². The van der Waals surface area contributed by atoms with Gasteiger partial charge < -0.3 is 0 Å². The first-order chi connectivity index (χ1) is 23.7. The summed E-state index contributed by atoms with van der Waals surface area (Å²) in [5.74, 6) is 0. The van der Waals surface area contributed by atoms with E-state index in [1.807, 2.05) is 0 Å². The number of fused-ring (bicyclic) bond motifs is 2. The van der Waals surface area contributed by atoms with Crippen LogP contribution in [-0.2, 0) is 26.2 Å². The van der Waals surface area contributed by atoms with Crippen LogP contribution in [-0.4, -0.2) is 29.8 Å². The van der Waals surface area contributed by atoms with E-state index in [0.29, 0.717) is 5.39 Å². The highest BCUT2D eigenvalue weighted by atomic mass is 32.2. The Bertz CT molecular complexity index is 2740. The first kappa shape index (κ1) is 32.8. The number of aromatic nitrogens is 3. The number of benzene rings is 4. The smallest absolute Gasteiger partial charge is 0.246 e. The summed E-state index contributed by atoms with van der Waals surface area (Å²) in [5.41, 5.74) is -0.746. The van der Waals surface area contributed by atoms with Crippen LogP contribution in [0.1, 0.15) is 22.3 Å². The molecular formula is C37H25F3N4O4S2. The molecule has 0 aliphatic carbocycles. The maximum absolute atomic E-state index is 14.8. The molecule has 0 atom stereocenters. The van der Waals surface area contributed by atoms with Gasteiger partial charge in [0.15, 0.2) is 0 Å². The molecule has 250 valence electrons. The van der Waals surface area contributed by atoms with Gasteiger partial charge in [-0.1, -0.05) is 71.8 Å². The van der Waals surface area contributed by atoms with Crippen molar-refractivity contribution in [2.75, 3.05) is 0 Å². The van der Waals surface area contributed by atoms with Gasteiger partial charge in [-0.15, -0.1) is 0 Å². The van der Waals surface area contributed by atoms with Gasteiger partial charge in [0.05, 0.1) is 43.3 Å². The number of hydrogen-bond acceptors (Lipinski definition) is 6. The van der Waals surface area contributed by atoms with E-state index in [2.05, 4.69) is 4.98 Å². The molecule has 0 fully saturated rings. The minimum absolute atomic E-state index is 0.0255. The van der Waals surface area contributed by atoms with E-state index in [4.69, 9.17) is 0 Å². The summed E-state index contributed by atoms with van der Waals surface area (Å²) < 4.78 is 102. The molecule has 0 aliphatic heterocycles. The Morgan fingerprint density at radius 3 is 1.56 bits per heavy atom. The SMILES string of the molecule is Cc1ccc(S(=O)(=O)n2cc(-c3cc(C(F)(F)F)c(C#N)c(-c4cn(S(=O)(=O)c5ccc(C)cc5)c5ccccc45)n3)c3ccccc32)cc1. The number of halogens is 3. The first-order valence-corrected chi connectivity index (χ1v) is 18.0. The standard InChI is InChI=1S/C37H25F3N4O4S2/c1-23-11-15-25(16-12-23)49(45,46)43-21-30(27-7-3-5-9-34(27)43)33-19-32(37(38,39)40)29(20-41)36(42-33)31-22-44(35-10-6-4-8-28(31)35)50(47,48)26-17-13-24(2)14-18-26/h3-19,21-22H,1-2H3. The summed E-state index contributed by atoms with van der Waals surface area (Å²) >= 11 is 0. The second-order valence-electron chi connectivity index (χ2n) is 11.7. The lowest BCUT2D eigenvalue weighted by atomic mass is 9.98. The second-order valence-corrected chi connectivity index (χ2v) is 15.4. The molecule has 8 nitrogen and oxygen atoms in total. The largest absolute Gasteiger partial charge is 0.417 e. The monoisotopic (exact) mass is 710 g/mol. The van der Waals surface area contributed by atoms with Crippen LogP contribution < -0.4 is 0 Å². The van der Waals surface area contributed by atoms with E-state index >= 15 is 0 Å². The second kappa shape index (κ2) is 11.7. The lowest BCUT2D eigenvalue weighted by Crippen LogP contribution is -2.12. The van der Waals surface area contributed by atoms with Crippen LogP contribution in [0.5, 0.6) is 0 Å². The molecule has 0 saturated heterocycles. The molecule has 0 amide bonds. The Labute approximate surface area is 285 Å². The van der Waals surface area contributed by atoms with Gasteiger partial charge in [0, 0.05) is 34.3 Å². The highest BCUT2D eigenvalue weighted by Crippen LogP contribution is 2.42. The molecular weight excluding hydrogens is 686 g/mol. The number of aryl methyl sites for hydroxylation is 2. The minimum Gasteiger partial charge on any atom is -0.246 e. The molecule has 0 N–H and O–H groups in total. The van der Waals surface area contributed by atoms with Gasteiger partial charge in [-0.2, -0.15) is 18.4 Å². The average molecular weight is 711 g/mol. The number of para-hydroxylation sites is 2. The number of nitriles is 1. The zero-order valence-corrected chi connectivity index (χ0v) is 28.0. The molecule has 7 aromatic rings. The summed E-state index contributed by atoms with van der Waals surface area (Å²) in [6, 6.07) is 27.2. The van der Waals surface area contributed by atoms with Gasteiger partial charge >= 0.3 is 6.18 Å². The van der Waals surface area contributed by atoms with Crippen molar-refractivity contribution in [3.63, 3.8) is 0 Å². The van der Waals surface area contributed by atoms with Crippen molar-refractivity contribution in [3.05, 3.63) is 138 Å². The highest BCUT2D eigenvalue weighted by molar-refractivity contribution is 7.90. The maximum atomic E-state index is 14.8. The fourth-order valence-corrected chi connectivity index (χ4v) is 8.69. The topological polar surface area (TPSA) is 115 Å². The van der Waals surface area contributed by atoms with E-state index in [1.165, 1.54) is 48.7 Å². The Morgan fingerprint density at radius 2 is 1.10 bits per heavy atom. The van der Waals surface area contributed by atoms with E-state index in [-0.39, 0.29) is 43.0 Å². The third-order valence-corrected chi connectivity index (χ3v) is 11.9. The summed E-state index contributed by atoms with van der Waals surface area (Å²) in [4.78, 5) is 4.51. The number of nitrogens with zero attached hydrogens (tertiary/aromatic N) is 4. The zero-order chi connectivity index (χ0) is 35.6. The molecule has 0 radical (unpaired) electrons. The summed E-state index contributed by atoms with van der Waals surface area (Å²) in [6.45, 7) is 3.61. The van der Waals surface area contributed by atoms with Crippen LogP contribution in [0.15, 0.2) is 125 Å². The Morgan fingerprint density at radius 1 is 0.660 bits per heavy atom. The predicted octanol–water partition coefficient (Wildman–Crippen LogP) is 8.31. The van der Waals surface area contributed by atoms with E-state index in [1.54, 1.807) is 74.5 Å². The molecule has 0 aliphatic rings. The number of hydrogen-bond donors (Lipinski definition) is 0. The van der Waals surface area contributed by atoms with Crippen LogP contribution in [0.2, 0.25) is 0 Å². The average Bonchev–Trinajstić information content (AvgIpc) is 3.68. The van der Waals surface area contributed by atoms with E-state index in [9.17, 15) is 35.3 Å². The normalized spacial score (nSPS) is 12.4. The Kier molecular flexibility index (Phi) is 7.69. The van der Waals surface area contributed by atoms with Gasteiger partial charge in [-0.05, 0) is 56.3 Å². The van der Waals surface area contributed by atoms with Crippen molar-refractivity contribution >= 4 is 41.9 Å². The molecule has 0 saturated carbocycles. The molecule has 13 heteroatoms. The fraction of sp³-hybridized carbons (Fsp3) is 0.0811. The lowest BCUT2D eigenvalue weighted by Gasteiger charge is -2.14. The van der Waals surface area contributed by atoms with Gasteiger partial charge in [-0.3, -0.25) is 0 Å². The van der Waals surface area contributed by atoms with Crippen LogP contribution in [0.3, 0.4) is 0 Å². The number of pyridine rings is 1. The van der Waals surface area contributed by atoms with Crippen LogP contribution >= 0.6 is 0 Å². The highest BCUT2D eigenvalue weighted by Gasteiger charge is 2.37. The van der Waals surface area contributed by atoms with Crippen molar-refractivity contribution in [1.29, 1.82) is 5.26 Å². The summed E-state index contributed by atoms with van der Waals surface area (Å²) in [6.07, 6.45) is -2.66. The van der Waals surface area contributed by atoms with Crippen molar-refractivity contribution in [1.82, 2.24) is 12.9 Å². The molecule has 4 aromatic carbocycles. The Hall–Kier alpha value is -5.71. The summed E-state index contributed by atoms with van der Waals surface area (Å²) in [5, 5.41) is 10.7.